The average Bonchev–Trinajstić information content (AvgIpc) is 2.81. The van der Waals surface area contributed by atoms with Gasteiger partial charge in [-0.3, -0.25) is 10.1 Å². The van der Waals surface area contributed by atoms with Crippen LogP contribution in [0, 0.1) is 10.1 Å². The van der Waals surface area contributed by atoms with E-state index in [0.717, 1.165) is 0 Å². The lowest BCUT2D eigenvalue weighted by molar-refractivity contribution is -0.385. The van der Waals surface area contributed by atoms with Crippen LogP contribution in [0.25, 0.3) is 5.57 Å². The van der Waals surface area contributed by atoms with Gasteiger partial charge in [0.05, 0.1) is 23.7 Å². The molecule has 1 fully saturated rings. The summed E-state index contributed by atoms with van der Waals surface area (Å²) in [6, 6.07) is 6.43. The lowest BCUT2D eigenvalue weighted by Gasteiger charge is -2.12. The minimum atomic E-state index is -0.568. The van der Waals surface area contributed by atoms with Crippen molar-refractivity contribution in [3.8, 4) is 0 Å². The molecule has 0 N–H and O–H groups in total. The minimum Gasteiger partial charge on any atom is -0.346 e. The summed E-state index contributed by atoms with van der Waals surface area (Å²) in [5, 5.41) is 10.8. The molecular formula is C11H11NO4. The van der Waals surface area contributed by atoms with E-state index in [9.17, 15) is 10.1 Å². The number of nitro benzene ring substituents is 1. The summed E-state index contributed by atoms with van der Waals surface area (Å²) in [4.78, 5) is 10.4. The summed E-state index contributed by atoms with van der Waals surface area (Å²) in [7, 11) is 0. The Kier molecular flexibility index (Phi) is 2.98. The van der Waals surface area contributed by atoms with E-state index in [-0.39, 0.29) is 5.69 Å². The smallest absolute Gasteiger partial charge is 0.277 e. The molecule has 0 aliphatic carbocycles. The lowest BCUT2D eigenvalue weighted by atomic mass is 10.1. The number of para-hydroxylation sites is 1. The largest absolute Gasteiger partial charge is 0.346 e. The van der Waals surface area contributed by atoms with Crippen LogP contribution in [0.5, 0.6) is 0 Å². The topological polar surface area (TPSA) is 61.6 Å². The monoisotopic (exact) mass is 221 g/mol. The van der Waals surface area contributed by atoms with Crippen LogP contribution in [-0.2, 0) is 9.47 Å². The molecule has 0 spiro atoms. The van der Waals surface area contributed by atoms with Crippen molar-refractivity contribution in [1.29, 1.82) is 0 Å². The van der Waals surface area contributed by atoms with Gasteiger partial charge in [0.15, 0.2) is 6.29 Å². The molecule has 16 heavy (non-hydrogen) atoms. The Morgan fingerprint density at radius 1 is 1.38 bits per heavy atom. The molecule has 5 heteroatoms. The first-order chi connectivity index (χ1) is 7.70. The summed E-state index contributed by atoms with van der Waals surface area (Å²) in [6.07, 6.45) is -0.568. The fraction of sp³-hybridized carbons (Fsp3) is 0.273. The zero-order valence-corrected chi connectivity index (χ0v) is 8.59. The first-order valence-electron chi connectivity index (χ1n) is 4.86. The summed E-state index contributed by atoms with van der Waals surface area (Å²) in [5.41, 5.74) is 0.968. The van der Waals surface area contributed by atoms with Gasteiger partial charge in [0.1, 0.15) is 0 Å². The third kappa shape index (κ3) is 1.95. The number of hydrogen-bond donors (Lipinski definition) is 0. The Morgan fingerprint density at radius 3 is 2.62 bits per heavy atom. The molecule has 0 aromatic heterocycles. The molecule has 1 aromatic carbocycles. The highest BCUT2D eigenvalue weighted by Gasteiger charge is 2.25. The minimum absolute atomic E-state index is 0.0200. The summed E-state index contributed by atoms with van der Waals surface area (Å²) < 4.78 is 10.5. The van der Waals surface area contributed by atoms with Gasteiger partial charge >= 0.3 is 0 Å². The molecule has 84 valence electrons. The molecule has 1 aliphatic heterocycles. The second-order valence-electron chi connectivity index (χ2n) is 3.37. The molecule has 5 nitrogen and oxygen atoms in total. The fourth-order valence-corrected chi connectivity index (χ4v) is 1.59. The quantitative estimate of drug-likeness (QED) is 0.578. The SMILES string of the molecule is C=C(c1ccccc1[N+](=O)[O-])C1OCCO1. The van der Waals surface area contributed by atoms with Gasteiger partial charge in [0.25, 0.3) is 5.69 Å². The van der Waals surface area contributed by atoms with Crippen molar-refractivity contribution < 1.29 is 14.4 Å². The Balaban J connectivity index is 2.32. The number of nitro groups is 1. The zero-order chi connectivity index (χ0) is 11.5. The van der Waals surface area contributed by atoms with Gasteiger partial charge in [-0.05, 0) is 6.07 Å². The van der Waals surface area contributed by atoms with Gasteiger partial charge in [0, 0.05) is 11.6 Å². The van der Waals surface area contributed by atoms with E-state index in [1.807, 2.05) is 0 Å². The molecule has 2 rings (SSSR count). The number of ether oxygens (including phenoxy) is 2. The Labute approximate surface area is 92.4 Å². The van der Waals surface area contributed by atoms with Crippen molar-refractivity contribution in [3.05, 3.63) is 46.5 Å². The maximum Gasteiger partial charge on any atom is 0.277 e. The second kappa shape index (κ2) is 4.42. The van der Waals surface area contributed by atoms with E-state index in [1.165, 1.54) is 6.07 Å². The van der Waals surface area contributed by atoms with Crippen molar-refractivity contribution >= 4 is 11.3 Å². The normalized spacial score (nSPS) is 16.2. The number of rotatable bonds is 3. The maximum absolute atomic E-state index is 10.8. The average molecular weight is 221 g/mol. The Bertz CT molecular complexity index is 424. The van der Waals surface area contributed by atoms with Gasteiger partial charge in [-0.1, -0.05) is 18.7 Å². The van der Waals surface area contributed by atoms with Crippen LogP contribution in [0.1, 0.15) is 5.56 Å². The van der Waals surface area contributed by atoms with Gasteiger partial charge in [-0.15, -0.1) is 0 Å². The van der Waals surface area contributed by atoms with Crippen LogP contribution in [0.3, 0.4) is 0 Å². The third-order valence-electron chi connectivity index (χ3n) is 2.35. The van der Waals surface area contributed by atoms with E-state index < -0.39 is 11.2 Å². The zero-order valence-electron chi connectivity index (χ0n) is 8.59. The molecule has 1 saturated heterocycles. The second-order valence-corrected chi connectivity index (χ2v) is 3.37. The molecule has 0 amide bonds. The molecule has 1 aliphatic rings. The molecule has 0 radical (unpaired) electrons. The van der Waals surface area contributed by atoms with Gasteiger partial charge in [-0.25, -0.2) is 0 Å². The van der Waals surface area contributed by atoms with Crippen LogP contribution < -0.4 is 0 Å². The molecule has 0 atom stereocenters. The van der Waals surface area contributed by atoms with Crippen LogP contribution in [0.4, 0.5) is 5.69 Å². The molecule has 0 unspecified atom stereocenters. The first kappa shape index (κ1) is 10.8. The molecule has 1 heterocycles. The van der Waals surface area contributed by atoms with Gasteiger partial charge in [0.2, 0.25) is 0 Å². The van der Waals surface area contributed by atoms with E-state index in [2.05, 4.69) is 6.58 Å². The standard InChI is InChI=1S/C11H11NO4/c1-8(11-15-6-7-16-11)9-4-2-3-5-10(9)12(13)14/h2-5,11H,1,6-7H2. The molecule has 1 aromatic rings. The predicted octanol–water partition coefficient (Wildman–Crippen LogP) is 1.98. The lowest BCUT2D eigenvalue weighted by Crippen LogP contribution is -2.10. The highest BCUT2D eigenvalue weighted by atomic mass is 16.7. The summed E-state index contributed by atoms with van der Waals surface area (Å²) >= 11 is 0. The third-order valence-corrected chi connectivity index (χ3v) is 2.35. The van der Waals surface area contributed by atoms with Crippen molar-refractivity contribution in [2.75, 3.05) is 13.2 Å². The van der Waals surface area contributed by atoms with Gasteiger partial charge in [-0.2, -0.15) is 0 Å². The summed E-state index contributed by atoms with van der Waals surface area (Å²) in [6.45, 7) is 4.78. The Hall–Kier alpha value is -1.72. The van der Waals surface area contributed by atoms with Crippen molar-refractivity contribution in [2.24, 2.45) is 0 Å². The maximum atomic E-state index is 10.8. The van der Waals surface area contributed by atoms with E-state index in [4.69, 9.17) is 9.47 Å². The molecular weight excluding hydrogens is 210 g/mol. The highest BCUT2D eigenvalue weighted by Crippen LogP contribution is 2.29. The van der Waals surface area contributed by atoms with Crippen LogP contribution in [0.15, 0.2) is 30.8 Å². The van der Waals surface area contributed by atoms with Crippen molar-refractivity contribution in [2.45, 2.75) is 6.29 Å². The fourth-order valence-electron chi connectivity index (χ4n) is 1.59. The van der Waals surface area contributed by atoms with E-state index in [1.54, 1.807) is 18.2 Å². The van der Waals surface area contributed by atoms with Crippen LogP contribution in [0.2, 0.25) is 0 Å². The number of benzene rings is 1. The molecule has 0 saturated carbocycles. The predicted molar refractivity (Wildman–Crippen MR) is 57.8 cm³/mol. The van der Waals surface area contributed by atoms with Crippen molar-refractivity contribution in [1.82, 2.24) is 0 Å². The van der Waals surface area contributed by atoms with Gasteiger partial charge < -0.3 is 9.47 Å². The number of hydrogen-bond acceptors (Lipinski definition) is 4. The van der Waals surface area contributed by atoms with Crippen molar-refractivity contribution in [3.63, 3.8) is 0 Å². The van der Waals surface area contributed by atoms with Crippen LogP contribution in [-0.4, -0.2) is 24.4 Å². The van der Waals surface area contributed by atoms with Crippen LogP contribution >= 0.6 is 0 Å². The van der Waals surface area contributed by atoms with E-state index in [0.29, 0.717) is 24.4 Å². The Morgan fingerprint density at radius 2 is 2.00 bits per heavy atom. The summed E-state index contributed by atoms with van der Waals surface area (Å²) in [5.74, 6) is 0. The number of nitrogens with zero attached hydrogens (tertiary/aromatic N) is 1. The highest BCUT2D eigenvalue weighted by molar-refractivity contribution is 5.73. The first-order valence-corrected chi connectivity index (χ1v) is 4.86. The molecule has 0 bridgehead atoms. The van der Waals surface area contributed by atoms with E-state index >= 15 is 0 Å².